The molecule has 1 aromatic heterocycles. The molecule has 0 spiro atoms. The summed E-state index contributed by atoms with van der Waals surface area (Å²) in [4.78, 5) is 31.9. The lowest BCUT2D eigenvalue weighted by Crippen LogP contribution is -2.55. The molecule has 10 nitrogen and oxygen atoms in total. The fourth-order valence-electron chi connectivity index (χ4n) is 3.15. The molecule has 160 valence electrons. The average molecular weight is 413 g/mol. The lowest BCUT2D eigenvalue weighted by molar-refractivity contribution is -0.120. The first kappa shape index (κ1) is 21.2. The van der Waals surface area contributed by atoms with Crippen LogP contribution in [0, 0.1) is 0 Å². The summed E-state index contributed by atoms with van der Waals surface area (Å²) in [5.41, 5.74) is 6.84. The van der Waals surface area contributed by atoms with Crippen molar-refractivity contribution in [1.82, 2.24) is 20.0 Å². The Kier molecular flexibility index (Phi) is 6.89. The lowest BCUT2D eigenvalue weighted by atomic mass is 10.2. The minimum Gasteiger partial charge on any atom is -0.484 e. The SMILES string of the molecule is CCNC(=NCc1cccc(OCC(N)=O)c1)N1CCN(c2cnn(C)c2)C(=O)C1. The quantitative estimate of drug-likeness (QED) is 0.491. The van der Waals surface area contributed by atoms with Crippen LogP contribution in [-0.2, 0) is 23.2 Å². The molecule has 0 aliphatic carbocycles. The highest BCUT2D eigenvalue weighted by Crippen LogP contribution is 2.17. The number of aryl methyl sites for hydroxylation is 1. The van der Waals surface area contributed by atoms with Gasteiger partial charge in [0.05, 0.1) is 18.4 Å². The number of guanidine groups is 1. The van der Waals surface area contributed by atoms with Gasteiger partial charge in [-0.15, -0.1) is 0 Å². The van der Waals surface area contributed by atoms with Gasteiger partial charge in [0.15, 0.2) is 12.6 Å². The Morgan fingerprint density at radius 1 is 1.37 bits per heavy atom. The summed E-state index contributed by atoms with van der Waals surface area (Å²) in [5.74, 6) is 0.719. The molecular formula is C20H27N7O3. The van der Waals surface area contributed by atoms with E-state index >= 15 is 0 Å². The summed E-state index contributed by atoms with van der Waals surface area (Å²) < 4.78 is 7.02. The molecule has 0 unspecified atom stereocenters. The Morgan fingerprint density at radius 3 is 2.87 bits per heavy atom. The monoisotopic (exact) mass is 413 g/mol. The lowest BCUT2D eigenvalue weighted by Gasteiger charge is -2.35. The summed E-state index contributed by atoms with van der Waals surface area (Å²) in [6.07, 6.45) is 3.53. The molecule has 1 aliphatic heterocycles. The number of nitrogens with two attached hydrogens (primary N) is 1. The average Bonchev–Trinajstić information content (AvgIpc) is 3.15. The highest BCUT2D eigenvalue weighted by molar-refractivity contribution is 5.98. The van der Waals surface area contributed by atoms with Gasteiger partial charge >= 0.3 is 0 Å². The molecule has 2 amide bonds. The number of aliphatic imine (C=N–C) groups is 1. The zero-order chi connectivity index (χ0) is 21.5. The molecule has 0 radical (unpaired) electrons. The van der Waals surface area contributed by atoms with Crippen LogP contribution in [0.2, 0.25) is 0 Å². The molecule has 3 N–H and O–H groups in total. The van der Waals surface area contributed by atoms with Gasteiger partial charge < -0.3 is 25.6 Å². The fraction of sp³-hybridized carbons (Fsp3) is 0.400. The molecule has 10 heteroatoms. The van der Waals surface area contributed by atoms with Gasteiger partial charge in [-0.3, -0.25) is 14.3 Å². The smallest absolute Gasteiger partial charge is 0.255 e. The van der Waals surface area contributed by atoms with Crippen molar-refractivity contribution in [2.24, 2.45) is 17.8 Å². The third-order valence-electron chi connectivity index (χ3n) is 4.55. The summed E-state index contributed by atoms with van der Waals surface area (Å²) in [5, 5.41) is 7.39. The second-order valence-electron chi connectivity index (χ2n) is 6.91. The standard InChI is InChI=1S/C20H27N7O3/c1-3-22-20(23-10-15-5-4-6-17(9-15)30-14-18(21)28)26-7-8-27(19(29)13-26)16-11-24-25(2)12-16/h4-6,9,11-12H,3,7-8,10,13-14H2,1-2H3,(H2,21,28)(H,22,23). The van der Waals surface area contributed by atoms with Gasteiger partial charge in [-0.25, -0.2) is 4.99 Å². The molecule has 1 aromatic carbocycles. The van der Waals surface area contributed by atoms with Gasteiger partial charge in [0.25, 0.3) is 5.91 Å². The number of anilines is 1. The number of carbonyl (C=O) groups excluding carboxylic acids is 2. The van der Waals surface area contributed by atoms with Crippen molar-refractivity contribution < 1.29 is 14.3 Å². The predicted molar refractivity (Wildman–Crippen MR) is 113 cm³/mol. The van der Waals surface area contributed by atoms with Gasteiger partial charge in [0.1, 0.15) is 12.3 Å². The van der Waals surface area contributed by atoms with E-state index in [1.807, 2.05) is 43.3 Å². The minimum atomic E-state index is -0.525. The van der Waals surface area contributed by atoms with Crippen molar-refractivity contribution in [2.75, 3.05) is 37.7 Å². The van der Waals surface area contributed by atoms with Crippen molar-refractivity contribution in [2.45, 2.75) is 13.5 Å². The fourth-order valence-corrected chi connectivity index (χ4v) is 3.15. The second-order valence-corrected chi connectivity index (χ2v) is 6.91. The van der Waals surface area contributed by atoms with Gasteiger partial charge in [-0.05, 0) is 24.6 Å². The van der Waals surface area contributed by atoms with Crippen LogP contribution in [-0.4, -0.2) is 65.2 Å². The Hall–Kier alpha value is -3.56. The molecule has 1 fully saturated rings. The van der Waals surface area contributed by atoms with Crippen molar-refractivity contribution >= 4 is 23.5 Å². The number of hydrogen-bond acceptors (Lipinski definition) is 5. The Balaban J connectivity index is 1.65. The van der Waals surface area contributed by atoms with E-state index in [-0.39, 0.29) is 19.1 Å². The Morgan fingerprint density at radius 2 is 2.20 bits per heavy atom. The molecule has 0 bridgehead atoms. The van der Waals surface area contributed by atoms with Crippen molar-refractivity contribution in [1.29, 1.82) is 0 Å². The maximum Gasteiger partial charge on any atom is 0.255 e. The molecule has 1 saturated heterocycles. The zero-order valence-corrected chi connectivity index (χ0v) is 17.2. The number of carbonyl (C=O) groups is 2. The highest BCUT2D eigenvalue weighted by Gasteiger charge is 2.27. The molecule has 2 aromatic rings. The van der Waals surface area contributed by atoms with E-state index < -0.39 is 5.91 Å². The maximum atomic E-state index is 12.7. The first-order valence-corrected chi connectivity index (χ1v) is 9.78. The number of hydrogen-bond donors (Lipinski definition) is 2. The minimum absolute atomic E-state index is 0.00158. The van der Waals surface area contributed by atoms with Crippen LogP contribution in [0.3, 0.4) is 0 Å². The topological polar surface area (TPSA) is 118 Å². The van der Waals surface area contributed by atoms with Crippen LogP contribution < -0.4 is 20.7 Å². The van der Waals surface area contributed by atoms with E-state index in [0.717, 1.165) is 11.3 Å². The number of amides is 2. The number of nitrogens with one attached hydrogen (secondary N) is 1. The van der Waals surface area contributed by atoms with Crippen LogP contribution in [0.4, 0.5) is 5.69 Å². The van der Waals surface area contributed by atoms with Crippen LogP contribution in [0.25, 0.3) is 0 Å². The third-order valence-corrected chi connectivity index (χ3v) is 4.55. The molecule has 30 heavy (non-hydrogen) atoms. The number of benzene rings is 1. The van der Waals surface area contributed by atoms with E-state index in [2.05, 4.69) is 15.4 Å². The largest absolute Gasteiger partial charge is 0.484 e. The van der Waals surface area contributed by atoms with Crippen molar-refractivity contribution in [3.05, 3.63) is 42.2 Å². The molecule has 0 saturated carbocycles. The Bertz CT molecular complexity index is 925. The number of rotatable bonds is 7. The zero-order valence-electron chi connectivity index (χ0n) is 17.2. The molecule has 3 rings (SSSR count). The molecule has 0 atom stereocenters. The van der Waals surface area contributed by atoms with Crippen LogP contribution >= 0.6 is 0 Å². The molecule has 2 heterocycles. The van der Waals surface area contributed by atoms with E-state index in [4.69, 9.17) is 10.5 Å². The summed E-state index contributed by atoms with van der Waals surface area (Å²) in [6, 6.07) is 7.35. The van der Waals surface area contributed by atoms with E-state index in [0.29, 0.717) is 37.9 Å². The molecular weight excluding hydrogens is 386 g/mol. The van der Waals surface area contributed by atoms with Crippen LogP contribution in [0.5, 0.6) is 5.75 Å². The predicted octanol–water partition coefficient (Wildman–Crippen LogP) is 0.0985. The molecule has 1 aliphatic rings. The van der Waals surface area contributed by atoms with Gasteiger partial charge in [-0.2, -0.15) is 5.10 Å². The van der Waals surface area contributed by atoms with Gasteiger partial charge in [-0.1, -0.05) is 12.1 Å². The number of piperazine rings is 1. The van der Waals surface area contributed by atoms with E-state index in [1.165, 1.54) is 0 Å². The number of primary amides is 1. The summed E-state index contributed by atoms with van der Waals surface area (Å²) in [7, 11) is 1.83. The van der Waals surface area contributed by atoms with Crippen LogP contribution in [0.1, 0.15) is 12.5 Å². The first-order chi connectivity index (χ1) is 14.5. The maximum absolute atomic E-state index is 12.7. The number of nitrogens with zero attached hydrogens (tertiary/aromatic N) is 5. The Labute approximate surface area is 175 Å². The van der Waals surface area contributed by atoms with Gasteiger partial charge in [0, 0.05) is 32.9 Å². The number of ether oxygens (including phenoxy) is 1. The van der Waals surface area contributed by atoms with Crippen molar-refractivity contribution in [3.63, 3.8) is 0 Å². The van der Waals surface area contributed by atoms with E-state index in [9.17, 15) is 9.59 Å². The normalized spacial score (nSPS) is 14.7. The summed E-state index contributed by atoms with van der Waals surface area (Å²) in [6.45, 7) is 4.38. The van der Waals surface area contributed by atoms with Crippen molar-refractivity contribution in [3.8, 4) is 5.75 Å². The first-order valence-electron chi connectivity index (χ1n) is 9.78. The second kappa shape index (κ2) is 9.77. The summed E-state index contributed by atoms with van der Waals surface area (Å²) >= 11 is 0. The van der Waals surface area contributed by atoms with Crippen LogP contribution in [0.15, 0.2) is 41.7 Å². The highest BCUT2D eigenvalue weighted by atomic mass is 16.5. The third kappa shape index (κ3) is 5.49. The van der Waals surface area contributed by atoms with Gasteiger partial charge in [0.2, 0.25) is 5.91 Å². The van der Waals surface area contributed by atoms with E-state index in [1.54, 1.807) is 21.8 Å². The number of aromatic nitrogens is 2.